The van der Waals surface area contributed by atoms with E-state index in [0.29, 0.717) is 12.1 Å². The fourth-order valence-electron chi connectivity index (χ4n) is 2.06. The molecular formula is C8H15NO. The van der Waals surface area contributed by atoms with Gasteiger partial charge in [0.05, 0.1) is 12.7 Å². The van der Waals surface area contributed by atoms with E-state index in [9.17, 15) is 0 Å². The molecule has 0 aromatic heterocycles. The van der Waals surface area contributed by atoms with Crippen LogP contribution in [0.4, 0.5) is 0 Å². The number of morpholine rings is 1. The molecule has 0 saturated carbocycles. The van der Waals surface area contributed by atoms with Crippen molar-refractivity contribution in [3.8, 4) is 0 Å². The van der Waals surface area contributed by atoms with Crippen molar-refractivity contribution in [2.75, 3.05) is 13.2 Å². The smallest absolute Gasteiger partial charge is 0.0718 e. The molecule has 2 heterocycles. The average Bonchev–Trinajstić information content (AvgIpc) is 2.44. The number of nitrogens with zero attached hydrogens (tertiary/aromatic N) is 1. The molecule has 0 amide bonds. The lowest BCUT2D eigenvalue weighted by atomic mass is 10.2. The Balaban J connectivity index is 2.02. The highest BCUT2D eigenvalue weighted by Crippen LogP contribution is 2.28. The number of rotatable bonds is 1. The molecule has 0 aliphatic carbocycles. The first kappa shape index (κ1) is 6.62. The predicted octanol–water partition coefficient (Wildman–Crippen LogP) is 0.868. The Morgan fingerprint density at radius 1 is 1.50 bits per heavy atom. The van der Waals surface area contributed by atoms with Crippen molar-refractivity contribution in [3.05, 3.63) is 0 Å². The quantitative estimate of drug-likeness (QED) is 0.537. The highest BCUT2D eigenvalue weighted by molar-refractivity contribution is 4.92. The molecule has 58 valence electrons. The normalized spacial score (nSPS) is 39.9. The minimum absolute atomic E-state index is 0.562. The molecule has 1 unspecified atom stereocenters. The van der Waals surface area contributed by atoms with E-state index in [1.165, 1.54) is 13.0 Å². The Bertz CT molecular complexity index is 135. The van der Waals surface area contributed by atoms with Gasteiger partial charge in [-0.1, -0.05) is 0 Å². The van der Waals surface area contributed by atoms with Crippen molar-refractivity contribution in [2.45, 2.75) is 38.5 Å². The van der Waals surface area contributed by atoms with E-state index in [1.807, 2.05) is 0 Å². The van der Waals surface area contributed by atoms with Crippen molar-refractivity contribution >= 4 is 0 Å². The van der Waals surface area contributed by atoms with Gasteiger partial charge in [-0.15, -0.1) is 0 Å². The van der Waals surface area contributed by atoms with E-state index in [-0.39, 0.29) is 0 Å². The van der Waals surface area contributed by atoms with Crippen LogP contribution in [0.5, 0.6) is 0 Å². The maximum atomic E-state index is 5.49. The molecular weight excluding hydrogens is 126 g/mol. The Morgan fingerprint density at radius 2 is 2.30 bits per heavy atom. The lowest BCUT2D eigenvalue weighted by molar-refractivity contribution is 0.0179. The predicted molar refractivity (Wildman–Crippen MR) is 40.0 cm³/mol. The number of likely N-dealkylation sites (tertiary alicyclic amines) is 1. The van der Waals surface area contributed by atoms with Gasteiger partial charge in [-0.3, -0.25) is 4.90 Å². The minimum Gasteiger partial charge on any atom is -0.375 e. The number of ether oxygens (including phenoxy) is 1. The summed E-state index contributed by atoms with van der Waals surface area (Å²) in [5.41, 5.74) is 0. The van der Waals surface area contributed by atoms with Gasteiger partial charge >= 0.3 is 0 Å². The van der Waals surface area contributed by atoms with Crippen LogP contribution in [0.3, 0.4) is 0 Å². The molecule has 0 N–H and O–H groups in total. The largest absolute Gasteiger partial charge is 0.375 e. The van der Waals surface area contributed by atoms with Crippen molar-refractivity contribution in [2.24, 2.45) is 0 Å². The maximum absolute atomic E-state index is 5.49. The second-order valence-corrected chi connectivity index (χ2v) is 3.64. The molecule has 0 spiro atoms. The summed E-state index contributed by atoms with van der Waals surface area (Å²) in [5, 5.41) is 0. The summed E-state index contributed by atoms with van der Waals surface area (Å²) >= 11 is 0. The SMILES string of the molecule is CC(C)N1C[C@@H]2CC1CO2. The summed E-state index contributed by atoms with van der Waals surface area (Å²) in [4.78, 5) is 2.55. The van der Waals surface area contributed by atoms with Gasteiger partial charge in [0.15, 0.2) is 0 Å². The van der Waals surface area contributed by atoms with Crippen LogP contribution in [0.2, 0.25) is 0 Å². The van der Waals surface area contributed by atoms with Crippen molar-refractivity contribution < 1.29 is 4.74 Å². The van der Waals surface area contributed by atoms with E-state index in [4.69, 9.17) is 4.74 Å². The monoisotopic (exact) mass is 141 g/mol. The molecule has 10 heavy (non-hydrogen) atoms. The first-order chi connectivity index (χ1) is 4.77. The molecule has 2 heteroatoms. The fourth-order valence-corrected chi connectivity index (χ4v) is 2.06. The van der Waals surface area contributed by atoms with E-state index in [1.54, 1.807) is 0 Å². The van der Waals surface area contributed by atoms with Gasteiger partial charge in [0.25, 0.3) is 0 Å². The third-order valence-electron chi connectivity index (χ3n) is 2.61. The van der Waals surface area contributed by atoms with Crippen LogP contribution in [0.25, 0.3) is 0 Å². The zero-order chi connectivity index (χ0) is 7.14. The van der Waals surface area contributed by atoms with Gasteiger partial charge in [-0.05, 0) is 20.3 Å². The van der Waals surface area contributed by atoms with Gasteiger partial charge in [0, 0.05) is 18.6 Å². The molecule has 0 radical (unpaired) electrons. The van der Waals surface area contributed by atoms with Crippen LogP contribution in [-0.4, -0.2) is 36.2 Å². The second-order valence-electron chi connectivity index (χ2n) is 3.64. The molecule has 0 aromatic rings. The van der Waals surface area contributed by atoms with Crippen molar-refractivity contribution in [3.63, 3.8) is 0 Å². The van der Waals surface area contributed by atoms with Gasteiger partial charge < -0.3 is 4.74 Å². The van der Waals surface area contributed by atoms with Crippen LogP contribution in [-0.2, 0) is 4.74 Å². The second kappa shape index (κ2) is 2.21. The highest BCUT2D eigenvalue weighted by Gasteiger charge is 2.39. The lowest BCUT2D eigenvalue weighted by Crippen LogP contribution is -2.41. The number of fused-ring (bicyclic) bond motifs is 2. The summed E-state index contributed by atoms with van der Waals surface area (Å²) in [6.07, 6.45) is 1.84. The van der Waals surface area contributed by atoms with E-state index in [2.05, 4.69) is 18.7 Å². The Kier molecular flexibility index (Phi) is 1.46. The first-order valence-corrected chi connectivity index (χ1v) is 4.14. The van der Waals surface area contributed by atoms with Crippen LogP contribution in [0, 0.1) is 0 Å². The Morgan fingerprint density at radius 3 is 2.60 bits per heavy atom. The van der Waals surface area contributed by atoms with E-state index >= 15 is 0 Å². The highest BCUT2D eigenvalue weighted by atomic mass is 16.5. The van der Waals surface area contributed by atoms with Crippen LogP contribution in [0.15, 0.2) is 0 Å². The first-order valence-electron chi connectivity index (χ1n) is 4.14. The number of hydrogen-bond acceptors (Lipinski definition) is 2. The molecule has 2 bridgehead atoms. The van der Waals surface area contributed by atoms with Gasteiger partial charge in [-0.25, -0.2) is 0 Å². The Labute approximate surface area is 62.2 Å². The van der Waals surface area contributed by atoms with Gasteiger partial charge in [0.1, 0.15) is 0 Å². The van der Waals surface area contributed by atoms with E-state index < -0.39 is 0 Å². The van der Waals surface area contributed by atoms with Crippen LogP contribution in [0.1, 0.15) is 20.3 Å². The summed E-state index contributed by atoms with van der Waals surface area (Å²) in [6.45, 7) is 6.67. The lowest BCUT2D eigenvalue weighted by Gasteiger charge is -2.30. The molecule has 2 fully saturated rings. The minimum atomic E-state index is 0.562. The topological polar surface area (TPSA) is 12.5 Å². The molecule has 2 aliphatic heterocycles. The number of hydrogen-bond donors (Lipinski definition) is 0. The molecule has 2 nitrogen and oxygen atoms in total. The maximum Gasteiger partial charge on any atom is 0.0718 e. The average molecular weight is 141 g/mol. The summed E-state index contributed by atoms with van der Waals surface area (Å²) in [5.74, 6) is 0. The van der Waals surface area contributed by atoms with Crippen molar-refractivity contribution in [1.82, 2.24) is 4.90 Å². The third-order valence-corrected chi connectivity index (χ3v) is 2.61. The third kappa shape index (κ3) is 0.867. The van der Waals surface area contributed by atoms with Gasteiger partial charge in [0.2, 0.25) is 0 Å². The van der Waals surface area contributed by atoms with Crippen molar-refractivity contribution in [1.29, 1.82) is 0 Å². The standard InChI is InChI=1S/C8H15NO/c1-6(2)9-4-8-3-7(9)5-10-8/h6-8H,3-5H2,1-2H3/t7?,8-/m0/s1. The molecule has 2 aliphatic rings. The van der Waals surface area contributed by atoms with Crippen LogP contribution >= 0.6 is 0 Å². The molecule has 0 aromatic carbocycles. The molecule has 2 saturated heterocycles. The zero-order valence-electron chi connectivity index (χ0n) is 6.71. The Hall–Kier alpha value is -0.0800. The fraction of sp³-hybridized carbons (Fsp3) is 1.00. The molecule has 2 rings (SSSR count). The molecule has 2 atom stereocenters. The summed E-state index contributed by atoms with van der Waals surface area (Å²) < 4.78 is 5.49. The zero-order valence-corrected chi connectivity index (χ0v) is 6.71. The summed E-state index contributed by atoms with van der Waals surface area (Å²) in [6, 6.07) is 1.45. The summed E-state index contributed by atoms with van der Waals surface area (Å²) in [7, 11) is 0. The van der Waals surface area contributed by atoms with Gasteiger partial charge in [-0.2, -0.15) is 0 Å². The van der Waals surface area contributed by atoms with E-state index in [0.717, 1.165) is 12.6 Å². The van der Waals surface area contributed by atoms with Crippen LogP contribution < -0.4 is 0 Å².